The Bertz CT molecular complexity index is 5720. The van der Waals surface area contributed by atoms with Gasteiger partial charge in [-0.1, -0.05) is 205 Å². The molecule has 2 aromatic heterocycles. The summed E-state index contributed by atoms with van der Waals surface area (Å²) >= 11 is 0. The number of fused-ring (bicyclic) bond motifs is 13. The third kappa shape index (κ3) is 9.16. The van der Waals surface area contributed by atoms with Crippen LogP contribution in [0.5, 0.6) is 0 Å². The van der Waals surface area contributed by atoms with E-state index in [2.05, 4.69) is 363 Å². The number of aromatic nitrogens is 1. The average molecular weight is 1220 g/mol. The second-order valence-corrected chi connectivity index (χ2v) is 27.8. The second-order valence-electron chi connectivity index (χ2n) is 27.8. The molecular formula is C88H68BN5O. The van der Waals surface area contributed by atoms with Crippen LogP contribution >= 0.6 is 0 Å². The van der Waals surface area contributed by atoms with Crippen LogP contribution in [0.3, 0.4) is 0 Å². The summed E-state index contributed by atoms with van der Waals surface area (Å²) in [5, 5.41) is 9.34. The van der Waals surface area contributed by atoms with E-state index in [1.807, 2.05) is 6.07 Å². The molecule has 2 aliphatic rings. The van der Waals surface area contributed by atoms with Crippen molar-refractivity contribution in [1.29, 1.82) is 0 Å². The number of para-hydroxylation sites is 4. The summed E-state index contributed by atoms with van der Waals surface area (Å²) in [6.45, 7) is 13.6. The van der Waals surface area contributed by atoms with Crippen LogP contribution in [0, 0.1) is 0 Å². The number of benzene rings is 14. The lowest BCUT2D eigenvalue weighted by atomic mass is 9.33. The molecule has 14 aromatic carbocycles. The van der Waals surface area contributed by atoms with E-state index in [-0.39, 0.29) is 17.5 Å². The number of furan rings is 1. The van der Waals surface area contributed by atoms with Gasteiger partial charge in [0.1, 0.15) is 11.2 Å². The molecule has 95 heavy (non-hydrogen) atoms. The zero-order valence-electron chi connectivity index (χ0n) is 54.1. The van der Waals surface area contributed by atoms with Crippen LogP contribution in [-0.4, -0.2) is 11.3 Å². The van der Waals surface area contributed by atoms with Crippen molar-refractivity contribution in [1.82, 2.24) is 4.57 Å². The van der Waals surface area contributed by atoms with Crippen LogP contribution < -0.4 is 36.0 Å². The Hall–Kier alpha value is -11.5. The van der Waals surface area contributed by atoms with Crippen molar-refractivity contribution in [2.24, 2.45) is 0 Å². The standard InChI is InChI=1S/C88H68BN5O/c1-87(2,3)61-35-41-65(42-36-61)93-78-49-48-77-84(73-30-17-19-31-76(73)92(77)64-27-11-8-12-28-64)86(78)89-75-47-45-70(91(68-40-34-58-22-14-16-24-60(58)52-68)69-46-50-83-74(53-69)72-29-18-20-32-82(72)95-83)54-79(75)94(66-43-37-62(38-44-66)88(4,5)6)81-56-71(55-80(93)85(81)89)90(63-25-9-7-10-26-63)67-39-33-57-21-13-15-23-59(57)51-67/h7-56H,1-6H3. The molecule has 0 saturated heterocycles. The summed E-state index contributed by atoms with van der Waals surface area (Å²) in [6.07, 6.45) is 0. The van der Waals surface area contributed by atoms with Crippen molar-refractivity contribution in [2.75, 3.05) is 19.6 Å². The molecule has 7 heteroatoms. The van der Waals surface area contributed by atoms with Crippen molar-refractivity contribution in [2.45, 2.75) is 52.4 Å². The Morgan fingerprint density at radius 2 is 0.789 bits per heavy atom. The van der Waals surface area contributed by atoms with Crippen LogP contribution in [0.4, 0.5) is 68.2 Å². The van der Waals surface area contributed by atoms with Crippen LogP contribution in [0.25, 0.3) is 71.0 Å². The lowest BCUT2D eigenvalue weighted by Gasteiger charge is -2.45. The van der Waals surface area contributed by atoms with Gasteiger partial charge in [-0.3, -0.25) is 0 Å². The van der Waals surface area contributed by atoms with Crippen molar-refractivity contribution >= 4 is 157 Å². The second kappa shape index (κ2) is 21.5. The average Bonchev–Trinajstić information content (AvgIpc) is 1.68. The van der Waals surface area contributed by atoms with Gasteiger partial charge in [0.05, 0.1) is 16.7 Å². The third-order valence-corrected chi connectivity index (χ3v) is 20.0. The molecule has 18 rings (SSSR count). The van der Waals surface area contributed by atoms with E-state index in [0.717, 1.165) is 101 Å². The molecule has 454 valence electrons. The Morgan fingerprint density at radius 1 is 0.305 bits per heavy atom. The van der Waals surface area contributed by atoms with Gasteiger partial charge in [-0.25, -0.2) is 0 Å². The van der Waals surface area contributed by atoms with Gasteiger partial charge in [-0.15, -0.1) is 0 Å². The maximum absolute atomic E-state index is 6.53. The van der Waals surface area contributed by atoms with E-state index < -0.39 is 0 Å². The molecule has 0 spiro atoms. The molecule has 4 heterocycles. The summed E-state index contributed by atoms with van der Waals surface area (Å²) in [6, 6.07) is 113. The molecule has 0 fully saturated rings. The molecule has 0 radical (unpaired) electrons. The van der Waals surface area contributed by atoms with Gasteiger partial charge < -0.3 is 28.6 Å². The van der Waals surface area contributed by atoms with Crippen molar-refractivity contribution in [3.8, 4) is 5.69 Å². The molecule has 0 N–H and O–H groups in total. The smallest absolute Gasteiger partial charge is 0.253 e. The van der Waals surface area contributed by atoms with Crippen LogP contribution in [-0.2, 0) is 10.8 Å². The molecule has 2 aliphatic heterocycles. The van der Waals surface area contributed by atoms with E-state index in [1.165, 1.54) is 65.3 Å². The highest BCUT2D eigenvalue weighted by Gasteiger charge is 2.46. The van der Waals surface area contributed by atoms with E-state index in [1.54, 1.807) is 0 Å². The van der Waals surface area contributed by atoms with Crippen LogP contribution in [0.2, 0.25) is 0 Å². The molecule has 0 aliphatic carbocycles. The number of hydrogen-bond acceptors (Lipinski definition) is 5. The number of nitrogens with zero attached hydrogens (tertiary/aromatic N) is 5. The van der Waals surface area contributed by atoms with Gasteiger partial charge in [0.25, 0.3) is 6.71 Å². The van der Waals surface area contributed by atoms with Crippen molar-refractivity contribution in [3.05, 3.63) is 314 Å². The van der Waals surface area contributed by atoms with Gasteiger partial charge in [0.2, 0.25) is 0 Å². The maximum Gasteiger partial charge on any atom is 0.253 e. The summed E-state index contributed by atoms with van der Waals surface area (Å²) < 4.78 is 9.01. The molecule has 16 aromatic rings. The fraction of sp³-hybridized carbons (Fsp3) is 0.0909. The number of rotatable bonds is 9. The van der Waals surface area contributed by atoms with Crippen LogP contribution in [0.1, 0.15) is 52.7 Å². The summed E-state index contributed by atoms with van der Waals surface area (Å²) in [5.41, 5.74) is 24.2. The predicted octanol–water partition coefficient (Wildman–Crippen LogP) is 22.6. The van der Waals surface area contributed by atoms with Gasteiger partial charge >= 0.3 is 0 Å². The Labute approximate surface area is 554 Å². The minimum atomic E-state index is -0.254. The maximum atomic E-state index is 6.53. The highest BCUT2D eigenvalue weighted by Crippen LogP contribution is 2.52. The van der Waals surface area contributed by atoms with Crippen molar-refractivity contribution in [3.63, 3.8) is 0 Å². The first-order valence-electron chi connectivity index (χ1n) is 33.2. The highest BCUT2D eigenvalue weighted by molar-refractivity contribution is 7.02. The first-order valence-corrected chi connectivity index (χ1v) is 33.2. The monoisotopic (exact) mass is 1220 g/mol. The summed E-state index contributed by atoms with van der Waals surface area (Å²) in [7, 11) is 0. The predicted molar refractivity (Wildman–Crippen MR) is 404 cm³/mol. The van der Waals surface area contributed by atoms with E-state index in [0.29, 0.717) is 0 Å². The third-order valence-electron chi connectivity index (χ3n) is 20.0. The highest BCUT2D eigenvalue weighted by atomic mass is 16.3. The van der Waals surface area contributed by atoms with Gasteiger partial charge in [-0.2, -0.15) is 0 Å². The topological polar surface area (TPSA) is 31.0 Å². The van der Waals surface area contributed by atoms with Crippen molar-refractivity contribution < 1.29 is 4.42 Å². The first kappa shape index (κ1) is 56.2. The van der Waals surface area contributed by atoms with E-state index in [9.17, 15) is 0 Å². The zero-order valence-corrected chi connectivity index (χ0v) is 54.1. The zero-order chi connectivity index (χ0) is 63.8. The SMILES string of the molecule is CC(C)(C)c1ccc(N2c3cc(N(c4ccc5ccccc5c4)c4ccc5oc6ccccc6c5c4)ccc3B3c4c2cc(N(c2ccccc2)c2ccc5ccccc5c2)cc4N(c2ccc(C(C)(C)C)cc2)c2ccc4c(c23)c2ccccc2n4-c2ccccc2)cc1. The fourth-order valence-electron chi connectivity index (χ4n) is 15.4. The lowest BCUT2D eigenvalue weighted by Crippen LogP contribution is -2.61. The van der Waals surface area contributed by atoms with E-state index in [4.69, 9.17) is 4.42 Å². The minimum Gasteiger partial charge on any atom is -0.456 e. The lowest BCUT2D eigenvalue weighted by molar-refractivity contribution is 0.590. The molecule has 0 unspecified atom stereocenters. The molecule has 6 nitrogen and oxygen atoms in total. The summed E-state index contributed by atoms with van der Waals surface area (Å²) in [5.74, 6) is 0. The van der Waals surface area contributed by atoms with Gasteiger partial charge in [0, 0.05) is 89.8 Å². The van der Waals surface area contributed by atoms with Crippen LogP contribution in [0.15, 0.2) is 308 Å². The quantitative estimate of drug-likeness (QED) is 0.134. The van der Waals surface area contributed by atoms with E-state index >= 15 is 0 Å². The van der Waals surface area contributed by atoms with Gasteiger partial charge in [-0.05, 0) is 199 Å². The molecular weight excluding hydrogens is 1150 g/mol. The first-order chi connectivity index (χ1) is 46.4. The largest absolute Gasteiger partial charge is 0.456 e. The fourth-order valence-corrected chi connectivity index (χ4v) is 15.4. The normalized spacial score (nSPS) is 12.9. The number of anilines is 12. The summed E-state index contributed by atoms with van der Waals surface area (Å²) in [4.78, 5) is 10.1. The Kier molecular flexibility index (Phi) is 12.7. The molecule has 0 atom stereocenters. The Balaban J connectivity index is 0.982. The molecule has 0 saturated carbocycles. The minimum absolute atomic E-state index is 0.0557. The van der Waals surface area contributed by atoms with Gasteiger partial charge in [0.15, 0.2) is 0 Å². The number of hydrogen-bond donors (Lipinski definition) is 0. The molecule has 0 bridgehead atoms. The Morgan fingerprint density at radius 3 is 1.42 bits per heavy atom. The molecule has 0 amide bonds.